The van der Waals surface area contributed by atoms with Gasteiger partial charge in [-0.2, -0.15) is 0 Å². The highest BCUT2D eigenvalue weighted by atomic mass is 16.4. The molecule has 5 atom stereocenters. The molecule has 0 bridgehead atoms. The number of carbonyl (C=O) groups excluding carboxylic acids is 4. The van der Waals surface area contributed by atoms with E-state index in [2.05, 4.69) is 25.9 Å². The molecule has 0 aliphatic heterocycles. The van der Waals surface area contributed by atoms with E-state index in [0.29, 0.717) is 17.7 Å². The molecule has 5 unspecified atom stereocenters. The van der Waals surface area contributed by atoms with Crippen LogP contribution in [0, 0.1) is 5.92 Å². The van der Waals surface area contributed by atoms with Crippen molar-refractivity contribution in [2.45, 2.75) is 63.7 Å². The summed E-state index contributed by atoms with van der Waals surface area (Å²) >= 11 is 0. The fraction of sp³-hybridized carbons (Fsp3) is 0.440. The molecule has 1 aromatic heterocycles. The summed E-state index contributed by atoms with van der Waals surface area (Å²) in [5, 5.41) is 17.1. The van der Waals surface area contributed by atoms with Gasteiger partial charge in [0.2, 0.25) is 23.6 Å². The molecule has 0 spiro atoms. The quantitative estimate of drug-likeness (QED) is 0.151. The molecule has 2 aromatic rings. The molecule has 0 aliphatic rings. The van der Waals surface area contributed by atoms with E-state index >= 15 is 0 Å². The molecule has 4 amide bonds. The number of benzene rings is 1. The van der Waals surface area contributed by atoms with Crippen molar-refractivity contribution >= 4 is 29.6 Å². The predicted octanol–water partition coefficient (Wildman–Crippen LogP) is -1.02. The molecule has 38 heavy (non-hydrogen) atoms. The topological polar surface area (TPSA) is 222 Å². The number of rotatable bonds is 15. The Kier molecular flexibility index (Phi) is 11.4. The number of hydrogen-bond donors (Lipinski definition) is 7. The number of imidazole rings is 1. The third kappa shape index (κ3) is 9.32. The third-order valence-corrected chi connectivity index (χ3v) is 6.06. The lowest BCUT2D eigenvalue weighted by atomic mass is 9.96. The summed E-state index contributed by atoms with van der Waals surface area (Å²) in [4.78, 5) is 69.0. The van der Waals surface area contributed by atoms with Crippen LogP contribution in [0.2, 0.25) is 0 Å². The Labute approximate surface area is 220 Å². The zero-order valence-electron chi connectivity index (χ0n) is 21.3. The molecule has 2 rings (SSSR count). The summed E-state index contributed by atoms with van der Waals surface area (Å²) in [5.41, 5.74) is 12.5. The van der Waals surface area contributed by atoms with Crippen LogP contribution in [0.3, 0.4) is 0 Å². The van der Waals surface area contributed by atoms with Gasteiger partial charge in [-0.25, -0.2) is 9.78 Å². The fourth-order valence-corrected chi connectivity index (χ4v) is 3.68. The Bertz CT molecular complexity index is 1090. The summed E-state index contributed by atoms with van der Waals surface area (Å²) in [5.74, 6) is -4.75. The Hall–Kier alpha value is -4.26. The van der Waals surface area contributed by atoms with Gasteiger partial charge in [0.15, 0.2) is 0 Å². The van der Waals surface area contributed by atoms with E-state index in [1.54, 1.807) is 44.2 Å². The molecule has 0 radical (unpaired) electrons. The second-order valence-corrected chi connectivity index (χ2v) is 9.08. The number of nitrogens with one attached hydrogen (secondary N) is 4. The Morgan fingerprint density at radius 3 is 2.18 bits per heavy atom. The lowest BCUT2D eigenvalue weighted by molar-refractivity contribution is -0.142. The number of carboxylic acid groups (broad SMARTS) is 1. The van der Waals surface area contributed by atoms with Crippen molar-refractivity contribution in [2.75, 3.05) is 0 Å². The number of aliphatic carboxylic acids is 1. The lowest BCUT2D eigenvalue weighted by Gasteiger charge is -2.28. The van der Waals surface area contributed by atoms with E-state index in [0.717, 1.165) is 0 Å². The number of amides is 4. The van der Waals surface area contributed by atoms with Crippen LogP contribution < -0.4 is 27.4 Å². The summed E-state index contributed by atoms with van der Waals surface area (Å²) in [6, 6.07) is 3.95. The summed E-state index contributed by atoms with van der Waals surface area (Å²) in [7, 11) is 0. The molecule has 1 aromatic carbocycles. The summed E-state index contributed by atoms with van der Waals surface area (Å²) in [6.07, 6.45) is 3.01. The van der Waals surface area contributed by atoms with Crippen LogP contribution in [0.15, 0.2) is 42.9 Å². The molecule has 13 nitrogen and oxygen atoms in total. The number of hydrogen-bond acceptors (Lipinski definition) is 7. The molecule has 0 saturated heterocycles. The molecule has 13 heteroatoms. The van der Waals surface area contributed by atoms with Gasteiger partial charge in [-0.15, -0.1) is 0 Å². The molecular formula is C25H35N7O6. The first-order valence-corrected chi connectivity index (χ1v) is 12.2. The van der Waals surface area contributed by atoms with E-state index in [9.17, 15) is 29.1 Å². The average molecular weight is 530 g/mol. The number of H-pyrrole nitrogens is 1. The fourth-order valence-electron chi connectivity index (χ4n) is 3.68. The van der Waals surface area contributed by atoms with E-state index < -0.39 is 66.1 Å². The van der Waals surface area contributed by atoms with Gasteiger partial charge in [0.1, 0.15) is 18.1 Å². The third-order valence-electron chi connectivity index (χ3n) is 6.06. The monoisotopic (exact) mass is 529 g/mol. The minimum atomic E-state index is -1.40. The standard InChI is InChI=1S/C25H35N7O6/c1-3-14(2)21(24(36)31-19(25(37)38)9-15-7-5-4-6-8-15)32-23(35)18(11-20(27)33)30-22(34)17(26)10-16-12-28-13-29-16/h4-8,12-14,17-19,21H,3,9-11,26H2,1-2H3,(H2,27,33)(H,28,29)(H,30,34)(H,31,36)(H,32,35)(H,37,38). The largest absolute Gasteiger partial charge is 0.480 e. The Morgan fingerprint density at radius 2 is 1.63 bits per heavy atom. The van der Waals surface area contributed by atoms with Crippen molar-refractivity contribution in [3.63, 3.8) is 0 Å². The van der Waals surface area contributed by atoms with Gasteiger partial charge in [0, 0.05) is 24.7 Å². The maximum absolute atomic E-state index is 13.1. The van der Waals surface area contributed by atoms with Crippen LogP contribution in [0.5, 0.6) is 0 Å². The first-order chi connectivity index (χ1) is 18.0. The van der Waals surface area contributed by atoms with Gasteiger partial charge in [-0.05, 0) is 11.5 Å². The van der Waals surface area contributed by atoms with Crippen LogP contribution in [-0.4, -0.2) is 68.8 Å². The minimum Gasteiger partial charge on any atom is -0.480 e. The normalized spacial score (nSPS) is 14.8. The van der Waals surface area contributed by atoms with Crippen molar-refractivity contribution in [3.8, 4) is 0 Å². The molecule has 1 heterocycles. The maximum Gasteiger partial charge on any atom is 0.326 e. The van der Waals surface area contributed by atoms with Gasteiger partial charge in [0.05, 0.1) is 18.8 Å². The van der Waals surface area contributed by atoms with Crippen molar-refractivity contribution in [3.05, 3.63) is 54.1 Å². The van der Waals surface area contributed by atoms with Gasteiger partial charge in [-0.1, -0.05) is 50.6 Å². The molecule has 9 N–H and O–H groups in total. The van der Waals surface area contributed by atoms with Gasteiger partial charge >= 0.3 is 5.97 Å². The zero-order chi connectivity index (χ0) is 28.2. The van der Waals surface area contributed by atoms with Crippen molar-refractivity contribution in [1.29, 1.82) is 0 Å². The predicted molar refractivity (Wildman–Crippen MR) is 137 cm³/mol. The van der Waals surface area contributed by atoms with Crippen LogP contribution in [0.25, 0.3) is 0 Å². The van der Waals surface area contributed by atoms with Crippen molar-refractivity contribution in [1.82, 2.24) is 25.9 Å². The Balaban J connectivity index is 2.13. The van der Waals surface area contributed by atoms with Crippen LogP contribution in [0.1, 0.15) is 37.9 Å². The number of aromatic nitrogens is 2. The molecular weight excluding hydrogens is 494 g/mol. The summed E-state index contributed by atoms with van der Waals surface area (Å²) in [6.45, 7) is 3.51. The zero-order valence-corrected chi connectivity index (χ0v) is 21.3. The van der Waals surface area contributed by atoms with Crippen molar-refractivity contribution < 1.29 is 29.1 Å². The maximum atomic E-state index is 13.1. The molecule has 0 saturated carbocycles. The number of nitrogens with zero attached hydrogens (tertiary/aromatic N) is 1. The van der Waals surface area contributed by atoms with Crippen LogP contribution >= 0.6 is 0 Å². The van der Waals surface area contributed by atoms with Gasteiger partial charge in [-0.3, -0.25) is 19.2 Å². The summed E-state index contributed by atoms with van der Waals surface area (Å²) < 4.78 is 0. The smallest absolute Gasteiger partial charge is 0.326 e. The van der Waals surface area contributed by atoms with Gasteiger partial charge in [0.25, 0.3) is 0 Å². The Morgan fingerprint density at radius 1 is 0.974 bits per heavy atom. The van der Waals surface area contributed by atoms with E-state index in [4.69, 9.17) is 11.5 Å². The molecule has 206 valence electrons. The first kappa shape index (κ1) is 30.0. The highest BCUT2D eigenvalue weighted by Crippen LogP contribution is 2.11. The van der Waals surface area contributed by atoms with Crippen LogP contribution in [-0.2, 0) is 36.8 Å². The average Bonchev–Trinajstić information content (AvgIpc) is 3.39. The lowest BCUT2D eigenvalue weighted by Crippen LogP contribution is -2.59. The number of aromatic amines is 1. The van der Waals surface area contributed by atoms with E-state index in [1.807, 2.05) is 0 Å². The van der Waals surface area contributed by atoms with Crippen LogP contribution in [0.4, 0.5) is 0 Å². The van der Waals surface area contributed by atoms with E-state index in [1.165, 1.54) is 12.5 Å². The molecule has 0 aliphatic carbocycles. The SMILES string of the molecule is CCC(C)C(NC(=O)C(CC(N)=O)NC(=O)C(N)Cc1cnc[nH]1)C(=O)NC(Cc1ccccc1)C(=O)O. The van der Waals surface area contributed by atoms with Gasteiger partial charge < -0.3 is 37.5 Å². The number of nitrogens with two attached hydrogens (primary N) is 2. The molecule has 0 fully saturated rings. The number of carbonyl (C=O) groups is 5. The highest BCUT2D eigenvalue weighted by Gasteiger charge is 2.33. The first-order valence-electron chi connectivity index (χ1n) is 12.2. The second-order valence-electron chi connectivity index (χ2n) is 9.08. The minimum absolute atomic E-state index is 0.0393. The van der Waals surface area contributed by atoms with E-state index in [-0.39, 0.29) is 12.8 Å². The number of carboxylic acids is 1. The second kappa shape index (κ2) is 14.5. The van der Waals surface area contributed by atoms with Crippen molar-refractivity contribution in [2.24, 2.45) is 17.4 Å². The number of primary amides is 1. The highest BCUT2D eigenvalue weighted by molar-refractivity contribution is 5.96.